The molecule has 1 amide bonds. The molecule has 0 aliphatic heterocycles. The molecule has 4 rings (SSSR count). The molecule has 0 bridgehead atoms. The van der Waals surface area contributed by atoms with Crippen LogP contribution >= 0.6 is 0 Å². The molecule has 3 heterocycles. The van der Waals surface area contributed by atoms with E-state index in [9.17, 15) is 4.79 Å². The molecule has 4 aromatic rings. The van der Waals surface area contributed by atoms with Crippen molar-refractivity contribution in [2.75, 3.05) is 5.32 Å². The zero-order valence-electron chi connectivity index (χ0n) is 17.6. The first-order valence-corrected chi connectivity index (χ1v) is 9.94. The van der Waals surface area contributed by atoms with Crippen molar-refractivity contribution in [3.8, 4) is 11.4 Å². The van der Waals surface area contributed by atoms with Gasteiger partial charge in [-0.25, -0.2) is 15.0 Å². The molecule has 0 saturated heterocycles. The molecule has 158 valence electrons. The number of aryl methyl sites for hydroxylation is 3. The zero-order valence-corrected chi connectivity index (χ0v) is 17.6. The van der Waals surface area contributed by atoms with Crippen LogP contribution in [-0.2, 0) is 20.0 Å². The van der Waals surface area contributed by atoms with Crippen molar-refractivity contribution in [1.82, 2.24) is 30.0 Å². The highest BCUT2D eigenvalue weighted by Crippen LogP contribution is 2.22. The van der Waals surface area contributed by atoms with E-state index in [0.717, 1.165) is 23.4 Å². The second-order valence-electron chi connectivity index (χ2n) is 7.08. The van der Waals surface area contributed by atoms with Gasteiger partial charge in [0.25, 0.3) is 5.89 Å². The monoisotopic (exact) mass is 417 g/mol. The maximum Gasteiger partial charge on any atom is 0.307 e. The lowest BCUT2D eigenvalue weighted by Gasteiger charge is -2.07. The van der Waals surface area contributed by atoms with Gasteiger partial charge in [-0.2, -0.15) is 5.10 Å². The number of hydrogen-bond donors (Lipinski definition) is 2. The van der Waals surface area contributed by atoms with E-state index in [2.05, 4.69) is 49.7 Å². The maximum atomic E-state index is 12.5. The van der Waals surface area contributed by atoms with Crippen LogP contribution < -0.4 is 10.6 Å². The average Bonchev–Trinajstić information content (AvgIpc) is 3.43. The quantitative estimate of drug-likeness (QED) is 0.474. The van der Waals surface area contributed by atoms with Gasteiger partial charge in [-0.15, -0.1) is 0 Å². The summed E-state index contributed by atoms with van der Waals surface area (Å²) in [7, 11) is 1.82. The van der Waals surface area contributed by atoms with Gasteiger partial charge >= 0.3 is 5.91 Å². The predicted octanol–water partition coefficient (Wildman–Crippen LogP) is 3.41. The Morgan fingerprint density at radius 3 is 2.81 bits per heavy atom. The molecule has 9 heteroatoms. The highest BCUT2D eigenvalue weighted by Gasteiger charge is 2.17. The Balaban J connectivity index is 1.48. The fraction of sp³-hybridized carbons (Fsp3) is 0.227. The Morgan fingerprint density at radius 1 is 1.19 bits per heavy atom. The maximum absolute atomic E-state index is 12.5. The van der Waals surface area contributed by atoms with Gasteiger partial charge in [0, 0.05) is 25.9 Å². The van der Waals surface area contributed by atoms with Crippen LogP contribution in [0.1, 0.15) is 34.3 Å². The predicted molar refractivity (Wildman–Crippen MR) is 116 cm³/mol. The second-order valence-corrected chi connectivity index (χ2v) is 7.08. The summed E-state index contributed by atoms with van der Waals surface area (Å²) in [6.45, 7) is 4.37. The standard InChI is InChI=1S/C22H23N7O2/c1-4-15-6-5-7-16(10-15)12-23-20(30)21-26-17(13-31-21)19-14(2)11-24-22(28-19)27-18-8-9-25-29(18)3/h5-11,13H,4,12H2,1-3H3,(H,23,30)(H,24,27,28). The van der Waals surface area contributed by atoms with E-state index < -0.39 is 0 Å². The minimum Gasteiger partial charge on any atom is -0.440 e. The molecule has 0 saturated carbocycles. The number of hydrogen-bond acceptors (Lipinski definition) is 7. The van der Waals surface area contributed by atoms with E-state index in [0.29, 0.717) is 23.9 Å². The van der Waals surface area contributed by atoms with Gasteiger partial charge in [-0.3, -0.25) is 9.48 Å². The second kappa shape index (κ2) is 8.78. The summed E-state index contributed by atoms with van der Waals surface area (Å²) < 4.78 is 7.09. The fourth-order valence-electron chi connectivity index (χ4n) is 3.08. The molecule has 0 aliphatic carbocycles. The van der Waals surface area contributed by atoms with Crippen LogP contribution in [0.2, 0.25) is 0 Å². The lowest BCUT2D eigenvalue weighted by atomic mass is 10.1. The zero-order chi connectivity index (χ0) is 21.8. The number of rotatable bonds is 7. The van der Waals surface area contributed by atoms with Crippen LogP contribution in [0.25, 0.3) is 11.4 Å². The van der Waals surface area contributed by atoms with Crippen molar-refractivity contribution in [3.05, 3.63) is 71.6 Å². The van der Waals surface area contributed by atoms with Crippen LogP contribution in [0.3, 0.4) is 0 Å². The van der Waals surface area contributed by atoms with Crippen LogP contribution in [0, 0.1) is 6.92 Å². The Hall–Kier alpha value is -4.01. The van der Waals surface area contributed by atoms with Gasteiger partial charge in [0.2, 0.25) is 5.95 Å². The number of carbonyl (C=O) groups is 1. The third kappa shape index (κ3) is 4.61. The number of aromatic nitrogens is 5. The van der Waals surface area contributed by atoms with Crippen LogP contribution in [-0.4, -0.2) is 30.6 Å². The Kier molecular flexibility index (Phi) is 5.74. The average molecular weight is 417 g/mol. The summed E-state index contributed by atoms with van der Waals surface area (Å²) in [5.74, 6) is 0.755. The van der Waals surface area contributed by atoms with Crippen molar-refractivity contribution in [2.24, 2.45) is 7.05 Å². The molecular formula is C22H23N7O2. The molecule has 0 fully saturated rings. The van der Waals surface area contributed by atoms with E-state index in [4.69, 9.17) is 4.42 Å². The Morgan fingerprint density at radius 2 is 2.03 bits per heavy atom. The summed E-state index contributed by atoms with van der Waals surface area (Å²) in [5, 5.41) is 10.1. The molecule has 31 heavy (non-hydrogen) atoms. The summed E-state index contributed by atoms with van der Waals surface area (Å²) in [6.07, 6.45) is 5.74. The Bertz CT molecular complexity index is 1210. The number of oxazole rings is 1. The van der Waals surface area contributed by atoms with Gasteiger partial charge in [-0.1, -0.05) is 31.2 Å². The van der Waals surface area contributed by atoms with Gasteiger partial charge in [0.15, 0.2) is 0 Å². The number of nitrogens with one attached hydrogen (secondary N) is 2. The third-order valence-corrected chi connectivity index (χ3v) is 4.83. The number of carbonyl (C=O) groups excluding carboxylic acids is 1. The lowest BCUT2D eigenvalue weighted by Crippen LogP contribution is -2.23. The molecule has 0 aliphatic rings. The van der Waals surface area contributed by atoms with Gasteiger partial charge < -0.3 is 15.1 Å². The van der Waals surface area contributed by atoms with Gasteiger partial charge in [-0.05, 0) is 30.0 Å². The third-order valence-electron chi connectivity index (χ3n) is 4.83. The van der Waals surface area contributed by atoms with E-state index in [1.54, 1.807) is 17.1 Å². The first-order chi connectivity index (χ1) is 15.0. The molecule has 0 spiro atoms. The molecule has 0 radical (unpaired) electrons. The molecule has 0 atom stereocenters. The SMILES string of the molecule is CCc1cccc(CNC(=O)c2nc(-c3nc(Nc4ccnn4C)ncc3C)co2)c1. The summed E-state index contributed by atoms with van der Waals surface area (Å²) in [5.41, 5.74) is 4.10. The van der Waals surface area contributed by atoms with Crippen molar-refractivity contribution in [3.63, 3.8) is 0 Å². The highest BCUT2D eigenvalue weighted by atomic mass is 16.4. The number of nitrogens with zero attached hydrogens (tertiary/aromatic N) is 5. The van der Waals surface area contributed by atoms with Crippen molar-refractivity contribution < 1.29 is 9.21 Å². The fourth-order valence-corrected chi connectivity index (χ4v) is 3.08. The topological polar surface area (TPSA) is 111 Å². The van der Waals surface area contributed by atoms with Crippen molar-refractivity contribution in [2.45, 2.75) is 26.8 Å². The molecule has 9 nitrogen and oxygen atoms in total. The lowest BCUT2D eigenvalue weighted by molar-refractivity contribution is 0.0916. The van der Waals surface area contributed by atoms with E-state index in [1.807, 2.05) is 32.2 Å². The number of amides is 1. The van der Waals surface area contributed by atoms with Crippen LogP contribution in [0.5, 0.6) is 0 Å². The van der Waals surface area contributed by atoms with Gasteiger partial charge in [0.1, 0.15) is 23.5 Å². The first-order valence-electron chi connectivity index (χ1n) is 9.94. The van der Waals surface area contributed by atoms with Gasteiger partial charge in [0.05, 0.1) is 6.20 Å². The van der Waals surface area contributed by atoms with E-state index in [1.165, 1.54) is 11.8 Å². The normalized spacial score (nSPS) is 10.8. The molecule has 3 aromatic heterocycles. The smallest absolute Gasteiger partial charge is 0.307 e. The highest BCUT2D eigenvalue weighted by molar-refractivity contribution is 5.90. The summed E-state index contributed by atoms with van der Waals surface area (Å²) >= 11 is 0. The molecular weight excluding hydrogens is 394 g/mol. The van der Waals surface area contributed by atoms with Crippen molar-refractivity contribution >= 4 is 17.7 Å². The minimum atomic E-state index is -0.381. The summed E-state index contributed by atoms with van der Waals surface area (Å²) in [6, 6.07) is 9.91. The van der Waals surface area contributed by atoms with Crippen LogP contribution in [0.15, 0.2) is 53.4 Å². The number of anilines is 2. The molecule has 2 N–H and O–H groups in total. The number of benzene rings is 1. The Labute approximate surface area is 179 Å². The largest absolute Gasteiger partial charge is 0.440 e. The van der Waals surface area contributed by atoms with Crippen molar-refractivity contribution in [1.29, 1.82) is 0 Å². The van der Waals surface area contributed by atoms with Crippen LogP contribution in [0.4, 0.5) is 11.8 Å². The summed E-state index contributed by atoms with van der Waals surface area (Å²) in [4.78, 5) is 25.6. The minimum absolute atomic E-state index is 0.0131. The molecule has 0 unspecified atom stereocenters. The molecule has 1 aromatic carbocycles. The van der Waals surface area contributed by atoms with E-state index >= 15 is 0 Å². The van der Waals surface area contributed by atoms with E-state index in [-0.39, 0.29) is 11.8 Å². The first kappa shape index (κ1) is 20.3.